The van der Waals surface area contributed by atoms with Crippen LogP contribution in [0.2, 0.25) is 0 Å². The minimum absolute atomic E-state index is 0.0110. The van der Waals surface area contributed by atoms with Crippen LogP contribution in [0, 0.1) is 52.5 Å². The molecule has 0 spiro atoms. The van der Waals surface area contributed by atoms with Crippen LogP contribution in [0.15, 0.2) is 35.7 Å². The Morgan fingerprint density at radius 3 is 2.64 bits per heavy atom. The molecule has 3 fully saturated rings. The number of aromatic amines is 1. The summed E-state index contributed by atoms with van der Waals surface area (Å²) < 4.78 is 46.1. The lowest BCUT2D eigenvalue weighted by Crippen LogP contribution is -2.44. The average Bonchev–Trinajstić information content (AvgIpc) is 3.54. The predicted molar refractivity (Wildman–Crippen MR) is 137 cm³/mol. The maximum atomic E-state index is 16.1. The number of aromatic nitrogens is 4. The van der Waals surface area contributed by atoms with Crippen LogP contribution in [0.4, 0.5) is 19.0 Å². The van der Waals surface area contributed by atoms with Gasteiger partial charge in [-0.05, 0) is 43.6 Å². The standard InChI is InChI=1S/C28H23F3N6O2/c1-37-12-15(9-35-37)22-18(8-32)25(20-11-33-26-17(20)6-16(29)7-21(26)30)36-27(24(22)31)34-10-19-13-2-4-14(5-3-13)23(19)28(38)39/h6-7,9-14,19,23,33H,2-5H2,1H3,(H,38,39)/b34-10-/t13?,14?,19?,23-/m1/s1. The molecule has 198 valence electrons. The van der Waals surface area contributed by atoms with Gasteiger partial charge in [-0.1, -0.05) is 0 Å². The fraction of sp³-hybridized carbons (Fsp3) is 0.321. The first-order chi connectivity index (χ1) is 18.8. The molecule has 0 amide bonds. The number of hydrogen-bond acceptors (Lipinski definition) is 5. The third-order valence-electron chi connectivity index (χ3n) is 8.12. The Bertz CT molecular complexity index is 1690. The topological polar surface area (TPSA) is 120 Å². The lowest BCUT2D eigenvalue weighted by atomic mass is 9.59. The zero-order valence-corrected chi connectivity index (χ0v) is 20.8. The molecule has 3 aromatic heterocycles. The fourth-order valence-corrected chi connectivity index (χ4v) is 6.35. The summed E-state index contributed by atoms with van der Waals surface area (Å²) in [5.41, 5.74) is 0.239. The summed E-state index contributed by atoms with van der Waals surface area (Å²) in [5, 5.41) is 24.2. The smallest absolute Gasteiger partial charge is 0.307 e. The first-order valence-corrected chi connectivity index (χ1v) is 12.6. The summed E-state index contributed by atoms with van der Waals surface area (Å²) >= 11 is 0. The zero-order chi connectivity index (χ0) is 27.4. The molecule has 1 aromatic carbocycles. The van der Waals surface area contributed by atoms with E-state index in [1.165, 1.54) is 29.5 Å². The molecule has 2 N–H and O–H groups in total. The lowest BCUT2D eigenvalue weighted by molar-refractivity contribution is -0.149. The molecule has 8 nitrogen and oxygen atoms in total. The minimum Gasteiger partial charge on any atom is -0.481 e. The van der Waals surface area contributed by atoms with Crippen LogP contribution >= 0.6 is 0 Å². The van der Waals surface area contributed by atoms with Gasteiger partial charge in [-0.15, -0.1) is 0 Å². The van der Waals surface area contributed by atoms with Crippen LogP contribution in [-0.2, 0) is 11.8 Å². The number of carboxylic acid groups (broad SMARTS) is 1. The molecule has 0 radical (unpaired) electrons. The van der Waals surface area contributed by atoms with Gasteiger partial charge in [0, 0.05) is 59.7 Å². The highest BCUT2D eigenvalue weighted by atomic mass is 19.1. The zero-order valence-electron chi connectivity index (χ0n) is 20.8. The molecule has 3 saturated carbocycles. The number of H-pyrrole nitrogens is 1. The number of aryl methyl sites for hydroxylation is 1. The number of pyridine rings is 1. The molecule has 2 bridgehead atoms. The van der Waals surface area contributed by atoms with Gasteiger partial charge in [-0.3, -0.25) is 9.48 Å². The Balaban J connectivity index is 1.56. The number of benzene rings is 1. The van der Waals surface area contributed by atoms with Crippen molar-refractivity contribution in [2.75, 3.05) is 0 Å². The van der Waals surface area contributed by atoms with Crippen molar-refractivity contribution in [2.45, 2.75) is 25.7 Å². The summed E-state index contributed by atoms with van der Waals surface area (Å²) in [6, 6.07) is 3.85. The Hall–Kier alpha value is -4.46. The van der Waals surface area contributed by atoms with E-state index in [-0.39, 0.29) is 56.9 Å². The lowest BCUT2D eigenvalue weighted by Gasteiger charge is -2.45. The van der Waals surface area contributed by atoms with E-state index < -0.39 is 29.3 Å². The minimum atomic E-state index is -0.895. The van der Waals surface area contributed by atoms with E-state index in [2.05, 4.69) is 20.1 Å². The molecule has 3 aliphatic carbocycles. The van der Waals surface area contributed by atoms with E-state index in [1.54, 1.807) is 7.05 Å². The van der Waals surface area contributed by atoms with Gasteiger partial charge in [-0.25, -0.2) is 23.1 Å². The van der Waals surface area contributed by atoms with E-state index in [0.29, 0.717) is 5.56 Å². The van der Waals surface area contributed by atoms with Gasteiger partial charge in [0.05, 0.1) is 28.9 Å². The number of hydrogen-bond donors (Lipinski definition) is 2. The van der Waals surface area contributed by atoms with Crippen molar-refractivity contribution >= 4 is 28.9 Å². The molecule has 2 atom stereocenters. The van der Waals surface area contributed by atoms with E-state index in [9.17, 15) is 23.9 Å². The highest BCUT2D eigenvalue weighted by molar-refractivity contribution is 5.98. The Labute approximate surface area is 220 Å². The normalized spacial score (nSPS) is 22.5. The quantitative estimate of drug-likeness (QED) is 0.317. The summed E-state index contributed by atoms with van der Waals surface area (Å²) in [7, 11) is 1.64. The highest BCUT2D eigenvalue weighted by Gasteiger charge is 2.46. The summed E-state index contributed by atoms with van der Waals surface area (Å²) in [6.07, 6.45) is 9.25. The Morgan fingerprint density at radius 1 is 1.23 bits per heavy atom. The van der Waals surface area contributed by atoms with E-state index in [4.69, 9.17) is 0 Å². The van der Waals surface area contributed by atoms with Gasteiger partial charge in [0.25, 0.3) is 0 Å². The number of fused-ring (bicyclic) bond motifs is 4. The van der Waals surface area contributed by atoms with Crippen molar-refractivity contribution in [1.82, 2.24) is 19.7 Å². The second kappa shape index (κ2) is 9.38. The van der Waals surface area contributed by atoms with Crippen LogP contribution in [0.5, 0.6) is 0 Å². The number of carbonyl (C=O) groups is 1. The molecule has 3 heterocycles. The molecular weight excluding hydrogens is 509 g/mol. The molecule has 4 aromatic rings. The number of aliphatic carboxylic acids is 1. The van der Waals surface area contributed by atoms with Gasteiger partial charge in [0.15, 0.2) is 11.6 Å². The number of nitriles is 1. The monoisotopic (exact) mass is 532 g/mol. The van der Waals surface area contributed by atoms with Gasteiger partial charge in [0.1, 0.15) is 17.7 Å². The van der Waals surface area contributed by atoms with Crippen LogP contribution < -0.4 is 0 Å². The Kier molecular flexibility index (Phi) is 5.98. The third-order valence-corrected chi connectivity index (χ3v) is 8.12. The maximum absolute atomic E-state index is 16.1. The molecule has 0 aliphatic heterocycles. The SMILES string of the molecule is Cn1cc(-c2c(F)c(/N=C\C3C4CCC(CC4)[C@H]3C(=O)O)nc(-c3c[nH]c4c(F)cc(F)cc34)c2C#N)cn1. The molecule has 0 saturated heterocycles. The maximum Gasteiger partial charge on any atom is 0.307 e. The van der Waals surface area contributed by atoms with Crippen molar-refractivity contribution < 1.29 is 23.1 Å². The van der Waals surface area contributed by atoms with Gasteiger partial charge in [0.2, 0.25) is 0 Å². The van der Waals surface area contributed by atoms with Crippen molar-refractivity contribution in [2.24, 2.45) is 35.7 Å². The molecule has 1 unspecified atom stereocenters. The van der Waals surface area contributed by atoms with Crippen molar-refractivity contribution in [3.8, 4) is 28.5 Å². The van der Waals surface area contributed by atoms with E-state index in [0.717, 1.165) is 37.8 Å². The highest BCUT2D eigenvalue weighted by Crippen LogP contribution is 2.48. The average molecular weight is 533 g/mol. The van der Waals surface area contributed by atoms with Crippen LogP contribution in [0.25, 0.3) is 33.3 Å². The summed E-state index contributed by atoms with van der Waals surface area (Å²) in [5.74, 6) is -4.59. The summed E-state index contributed by atoms with van der Waals surface area (Å²) in [4.78, 5) is 23.6. The van der Waals surface area contributed by atoms with Crippen LogP contribution in [0.3, 0.4) is 0 Å². The van der Waals surface area contributed by atoms with Crippen molar-refractivity contribution in [3.05, 3.63) is 53.7 Å². The fourth-order valence-electron chi connectivity index (χ4n) is 6.35. The van der Waals surface area contributed by atoms with E-state index >= 15 is 4.39 Å². The first kappa shape index (κ1) is 24.9. The van der Waals surface area contributed by atoms with Gasteiger partial charge >= 0.3 is 5.97 Å². The van der Waals surface area contributed by atoms with Gasteiger partial charge < -0.3 is 10.1 Å². The molecular formula is C28H23F3N6O2. The third kappa shape index (κ3) is 4.07. The predicted octanol–water partition coefficient (Wildman–Crippen LogP) is 5.76. The number of nitrogens with zero attached hydrogens (tertiary/aromatic N) is 5. The molecule has 7 rings (SSSR count). The van der Waals surface area contributed by atoms with Gasteiger partial charge in [-0.2, -0.15) is 10.4 Å². The van der Waals surface area contributed by atoms with Crippen molar-refractivity contribution in [1.29, 1.82) is 5.26 Å². The molecule has 39 heavy (non-hydrogen) atoms. The first-order valence-electron chi connectivity index (χ1n) is 12.6. The van der Waals surface area contributed by atoms with Crippen molar-refractivity contribution in [3.63, 3.8) is 0 Å². The second-order valence-corrected chi connectivity index (χ2v) is 10.3. The van der Waals surface area contributed by atoms with E-state index in [1.807, 2.05) is 6.07 Å². The Morgan fingerprint density at radius 2 is 1.97 bits per heavy atom. The van der Waals surface area contributed by atoms with Crippen LogP contribution in [-0.4, -0.2) is 37.0 Å². The number of rotatable bonds is 5. The molecule has 3 aliphatic rings. The molecule has 11 heteroatoms. The number of halogens is 3. The van der Waals surface area contributed by atoms with Crippen LogP contribution in [0.1, 0.15) is 31.2 Å². The number of nitrogens with one attached hydrogen (secondary N) is 1. The summed E-state index contributed by atoms with van der Waals surface area (Å²) in [6.45, 7) is 0. The largest absolute Gasteiger partial charge is 0.481 e. The number of aliphatic imine (C=N–C) groups is 1. The number of carboxylic acids is 1. The second-order valence-electron chi connectivity index (χ2n) is 10.3.